The largest absolute Gasteiger partial charge is 0.496 e. The van der Waals surface area contributed by atoms with Crippen LogP contribution >= 0.6 is 0 Å². The smallest absolute Gasteiger partial charge is 0.289 e. The molecule has 1 amide bonds. The van der Waals surface area contributed by atoms with Crippen LogP contribution in [0.4, 0.5) is 0 Å². The highest BCUT2D eigenvalue weighted by Crippen LogP contribution is 2.27. The van der Waals surface area contributed by atoms with E-state index < -0.39 is 0 Å². The molecule has 0 aliphatic heterocycles. The summed E-state index contributed by atoms with van der Waals surface area (Å²) in [6.07, 6.45) is 0. The van der Waals surface area contributed by atoms with Crippen molar-refractivity contribution in [3.63, 3.8) is 0 Å². The summed E-state index contributed by atoms with van der Waals surface area (Å²) in [4.78, 5) is 14.5. The Hall–Kier alpha value is -3.12. The Morgan fingerprint density at radius 2 is 1.85 bits per heavy atom. The van der Waals surface area contributed by atoms with Gasteiger partial charge in [0.05, 0.1) is 13.2 Å². The minimum Gasteiger partial charge on any atom is -0.496 e. The fraction of sp³-hybridized carbons (Fsp3) is 0.238. The number of hydrogen-bond acceptors (Lipinski definition) is 5. The van der Waals surface area contributed by atoms with Crippen LogP contribution in [-0.4, -0.2) is 43.7 Å². The van der Waals surface area contributed by atoms with Gasteiger partial charge in [0.25, 0.3) is 5.91 Å². The molecule has 27 heavy (non-hydrogen) atoms. The van der Waals surface area contributed by atoms with E-state index in [1.54, 1.807) is 13.2 Å². The number of carbonyl (C=O) groups excluding carboxylic acids is 1. The SMILES string of the molecule is COc1ccccc1C(CNC(=O)c1cc(-c2ccccc2)no1)N(C)C. The van der Waals surface area contributed by atoms with Crippen LogP contribution in [0.1, 0.15) is 22.2 Å². The molecular weight excluding hydrogens is 342 g/mol. The van der Waals surface area contributed by atoms with Gasteiger partial charge in [-0.2, -0.15) is 0 Å². The van der Waals surface area contributed by atoms with E-state index >= 15 is 0 Å². The van der Waals surface area contributed by atoms with Gasteiger partial charge in [-0.1, -0.05) is 53.7 Å². The number of ether oxygens (including phenoxy) is 1. The van der Waals surface area contributed by atoms with Gasteiger partial charge in [0, 0.05) is 23.7 Å². The summed E-state index contributed by atoms with van der Waals surface area (Å²) in [5, 5.41) is 6.91. The molecule has 6 nitrogen and oxygen atoms in total. The summed E-state index contributed by atoms with van der Waals surface area (Å²) < 4.78 is 10.7. The van der Waals surface area contributed by atoms with Crippen molar-refractivity contribution in [2.75, 3.05) is 27.7 Å². The third-order valence-electron chi connectivity index (χ3n) is 4.38. The highest BCUT2D eigenvalue weighted by atomic mass is 16.5. The third-order valence-corrected chi connectivity index (χ3v) is 4.38. The van der Waals surface area contributed by atoms with E-state index in [1.807, 2.05) is 73.6 Å². The molecule has 3 aromatic rings. The Balaban J connectivity index is 1.71. The van der Waals surface area contributed by atoms with Gasteiger partial charge in [-0.15, -0.1) is 0 Å². The number of nitrogens with one attached hydrogen (secondary N) is 1. The average Bonchev–Trinajstić information content (AvgIpc) is 3.19. The molecule has 140 valence electrons. The number of nitrogens with zero attached hydrogens (tertiary/aromatic N) is 2. The Bertz CT molecular complexity index is 890. The summed E-state index contributed by atoms with van der Waals surface area (Å²) in [5.74, 6) is 0.675. The van der Waals surface area contributed by atoms with Gasteiger partial charge in [-0.05, 0) is 20.2 Å². The lowest BCUT2D eigenvalue weighted by molar-refractivity contribution is 0.0904. The summed E-state index contributed by atoms with van der Waals surface area (Å²) >= 11 is 0. The molecule has 1 unspecified atom stereocenters. The molecule has 0 saturated heterocycles. The van der Waals surface area contributed by atoms with Crippen molar-refractivity contribution in [2.24, 2.45) is 0 Å². The van der Waals surface area contributed by atoms with Crippen molar-refractivity contribution in [3.8, 4) is 17.0 Å². The number of para-hydroxylation sites is 1. The van der Waals surface area contributed by atoms with E-state index in [0.29, 0.717) is 12.2 Å². The summed E-state index contributed by atoms with van der Waals surface area (Å²) in [7, 11) is 5.57. The zero-order valence-corrected chi connectivity index (χ0v) is 15.7. The molecule has 0 fully saturated rings. The van der Waals surface area contributed by atoms with E-state index in [1.165, 1.54) is 0 Å². The monoisotopic (exact) mass is 365 g/mol. The molecular formula is C21H23N3O3. The van der Waals surface area contributed by atoms with Crippen molar-refractivity contribution in [2.45, 2.75) is 6.04 Å². The maximum Gasteiger partial charge on any atom is 0.289 e. The highest BCUT2D eigenvalue weighted by molar-refractivity contribution is 5.92. The Morgan fingerprint density at radius 1 is 1.15 bits per heavy atom. The van der Waals surface area contributed by atoms with Crippen LogP contribution < -0.4 is 10.1 Å². The van der Waals surface area contributed by atoms with Crippen LogP contribution in [0, 0.1) is 0 Å². The first-order chi connectivity index (χ1) is 13.1. The van der Waals surface area contributed by atoms with E-state index in [4.69, 9.17) is 9.26 Å². The number of hydrogen-bond donors (Lipinski definition) is 1. The molecule has 3 rings (SSSR count). The number of carbonyl (C=O) groups is 1. The third kappa shape index (κ3) is 4.35. The summed E-state index contributed by atoms with van der Waals surface area (Å²) in [5.41, 5.74) is 2.54. The highest BCUT2D eigenvalue weighted by Gasteiger charge is 2.21. The molecule has 0 radical (unpaired) electrons. The lowest BCUT2D eigenvalue weighted by Gasteiger charge is -2.26. The van der Waals surface area contributed by atoms with Crippen molar-refractivity contribution < 1.29 is 14.1 Å². The predicted octanol–water partition coefficient (Wildman–Crippen LogP) is 3.38. The molecule has 1 N–H and O–H groups in total. The van der Waals surface area contributed by atoms with E-state index in [-0.39, 0.29) is 17.7 Å². The van der Waals surface area contributed by atoms with Gasteiger partial charge in [0.2, 0.25) is 5.76 Å². The maximum atomic E-state index is 12.5. The zero-order chi connectivity index (χ0) is 19.2. The topological polar surface area (TPSA) is 67.6 Å². The lowest BCUT2D eigenvalue weighted by Crippen LogP contribution is -2.34. The number of benzene rings is 2. The van der Waals surface area contributed by atoms with Crippen LogP contribution in [0.2, 0.25) is 0 Å². The van der Waals surface area contributed by atoms with E-state index in [2.05, 4.69) is 10.5 Å². The van der Waals surface area contributed by atoms with Crippen LogP contribution in [0.15, 0.2) is 65.2 Å². The lowest BCUT2D eigenvalue weighted by atomic mass is 10.0. The molecule has 0 saturated carbocycles. The van der Waals surface area contributed by atoms with Crippen LogP contribution in [0.5, 0.6) is 5.75 Å². The second-order valence-corrected chi connectivity index (χ2v) is 6.37. The fourth-order valence-corrected chi connectivity index (χ4v) is 2.92. The first-order valence-electron chi connectivity index (χ1n) is 8.70. The standard InChI is InChI=1S/C21H23N3O3/c1-24(2)18(16-11-7-8-12-19(16)26-3)14-22-21(25)20-13-17(23-27-20)15-9-5-4-6-10-15/h4-13,18H,14H2,1-3H3,(H,22,25). The quantitative estimate of drug-likeness (QED) is 0.695. The fourth-order valence-electron chi connectivity index (χ4n) is 2.92. The van der Waals surface area contributed by atoms with Crippen LogP contribution in [0.3, 0.4) is 0 Å². The zero-order valence-electron chi connectivity index (χ0n) is 15.7. The van der Waals surface area contributed by atoms with Gasteiger partial charge in [-0.3, -0.25) is 4.79 Å². The van der Waals surface area contributed by atoms with Crippen molar-refractivity contribution in [1.82, 2.24) is 15.4 Å². The Labute approximate surface area is 158 Å². The second-order valence-electron chi connectivity index (χ2n) is 6.37. The molecule has 0 spiro atoms. The van der Waals surface area contributed by atoms with Gasteiger partial charge in [0.1, 0.15) is 11.4 Å². The van der Waals surface area contributed by atoms with E-state index in [0.717, 1.165) is 16.9 Å². The molecule has 1 aromatic heterocycles. The second kappa shape index (κ2) is 8.51. The molecule has 2 aromatic carbocycles. The van der Waals surface area contributed by atoms with Crippen molar-refractivity contribution >= 4 is 5.91 Å². The number of aromatic nitrogens is 1. The summed E-state index contributed by atoms with van der Waals surface area (Å²) in [6.45, 7) is 0.410. The Kier molecular flexibility index (Phi) is 5.88. The van der Waals surface area contributed by atoms with Crippen molar-refractivity contribution in [1.29, 1.82) is 0 Å². The van der Waals surface area contributed by atoms with Crippen LogP contribution in [0.25, 0.3) is 11.3 Å². The molecule has 1 heterocycles. The first kappa shape index (κ1) is 18.7. The van der Waals surface area contributed by atoms with E-state index in [9.17, 15) is 4.79 Å². The number of amides is 1. The maximum absolute atomic E-state index is 12.5. The first-order valence-corrected chi connectivity index (χ1v) is 8.70. The molecule has 0 bridgehead atoms. The van der Waals surface area contributed by atoms with Crippen molar-refractivity contribution in [3.05, 3.63) is 72.0 Å². The molecule has 6 heteroatoms. The summed E-state index contributed by atoms with van der Waals surface area (Å²) in [6, 6.07) is 19.0. The van der Waals surface area contributed by atoms with Gasteiger partial charge in [-0.25, -0.2) is 0 Å². The molecule has 1 atom stereocenters. The minimum atomic E-state index is -0.300. The van der Waals surface area contributed by atoms with Crippen LogP contribution in [-0.2, 0) is 0 Å². The number of likely N-dealkylation sites (N-methyl/N-ethyl adjacent to an activating group) is 1. The Morgan fingerprint density at radius 3 is 2.56 bits per heavy atom. The van der Waals surface area contributed by atoms with Gasteiger partial charge in [0.15, 0.2) is 0 Å². The van der Waals surface area contributed by atoms with Gasteiger partial charge < -0.3 is 19.5 Å². The molecule has 0 aliphatic rings. The van der Waals surface area contributed by atoms with Gasteiger partial charge >= 0.3 is 0 Å². The number of methoxy groups -OCH3 is 1. The minimum absolute atomic E-state index is 0.0402. The normalized spacial score (nSPS) is 12.0. The number of rotatable bonds is 7. The average molecular weight is 365 g/mol. The molecule has 0 aliphatic carbocycles. The predicted molar refractivity (Wildman–Crippen MR) is 104 cm³/mol.